The van der Waals surface area contributed by atoms with Gasteiger partial charge in [0.1, 0.15) is 5.75 Å². The van der Waals surface area contributed by atoms with Crippen LogP contribution < -0.4 is 60.8 Å². The van der Waals surface area contributed by atoms with Crippen molar-refractivity contribution in [2.75, 3.05) is 6.61 Å². The van der Waals surface area contributed by atoms with Crippen LogP contribution in [0.15, 0.2) is 30.3 Å². The smallest absolute Gasteiger partial charge is 0.744 e. The number of rotatable bonds is 5. The van der Waals surface area contributed by atoms with Crippen LogP contribution in [0.25, 0.3) is 0 Å². The van der Waals surface area contributed by atoms with Crippen molar-refractivity contribution in [3.05, 3.63) is 30.3 Å². The van der Waals surface area contributed by atoms with E-state index in [1.165, 1.54) is 12.1 Å². The number of phosphoric acid groups is 1. The van der Waals surface area contributed by atoms with Gasteiger partial charge in [-0.3, -0.25) is 4.57 Å². The third-order valence-electron chi connectivity index (χ3n) is 1.22. The van der Waals surface area contributed by atoms with Crippen LogP contribution in [-0.4, -0.2) is 6.61 Å². The third kappa shape index (κ3) is 6.83. The summed E-state index contributed by atoms with van der Waals surface area (Å²) in [6, 6.07) is 8.04. The van der Waals surface area contributed by atoms with Gasteiger partial charge in [-0.25, -0.2) is 4.89 Å². The van der Waals surface area contributed by atoms with E-state index in [0.29, 0.717) is 0 Å². The average Bonchev–Trinajstić information content (AvgIpc) is 2.16. The van der Waals surface area contributed by atoms with Gasteiger partial charge in [-0.05, 0) is 19.1 Å². The standard InChI is InChI=1S/C8H11O5P.K/c1-2-11-13-14(9,10)12-8-6-4-3-5-7-8;/h3-7H,2H2,1H3,(H,9,10);/q;+1/p-1. The summed E-state index contributed by atoms with van der Waals surface area (Å²) < 4.78 is 19.6. The zero-order valence-electron chi connectivity index (χ0n) is 8.58. The first-order valence-corrected chi connectivity index (χ1v) is 5.47. The van der Waals surface area contributed by atoms with Gasteiger partial charge >= 0.3 is 59.2 Å². The van der Waals surface area contributed by atoms with Crippen molar-refractivity contribution in [3.8, 4) is 5.75 Å². The topological polar surface area (TPSA) is 67.8 Å². The third-order valence-corrected chi connectivity index (χ3v) is 1.94. The molecule has 0 aliphatic rings. The van der Waals surface area contributed by atoms with Gasteiger partial charge in [-0.2, -0.15) is 4.67 Å². The fourth-order valence-electron chi connectivity index (χ4n) is 0.743. The minimum absolute atomic E-state index is 0. The Hall–Kier alpha value is 0.766. The molecule has 78 valence electrons. The molecule has 5 nitrogen and oxygen atoms in total. The van der Waals surface area contributed by atoms with E-state index in [0.717, 1.165) is 0 Å². The Balaban J connectivity index is 0.00000196. The fourth-order valence-corrected chi connectivity index (χ4v) is 1.39. The molecule has 0 spiro atoms. The molecular weight excluding hydrogens is 246 g/mol. The normalized spacial score (nSPS) is 13.7. The summed E-state index contributed by atoms with van der Waals surface area (Å²) >= 11 is 0. The average molecular weight is 256 g/mol. The minimum Gasteiger partial charge on any atom is -0.744 e. The van der Waals surface area contributed by atoms with Crippen molar-refractivity contribution >= 4 is 7.82 Å². The van der Waals surface area contributed by atoms with E-state index in [4.69, 9.17) is 0 Å². The molecule has 1 atom stereocenters. The molecule has 0 bridgehead atoms. The second kappa shape index (κ2) is 7.95. The van der Waals surface area contributed by atoms with Crippen LogP contribution in [0.5, 0.6) is 5.75 Å². The number of para-hydroxylation sites is 1. The number of benzene rings is 1. The van der Waals surface area contributed by atoms with Gasteiger partial charge in [-0.15, -0.1) is 0 Å². The predicted octanol–water partition coefficient (Wildman–Crippen LogP) is -1.49. The zero-order valence-corrected chi connectivity index (χ0v) is 12.6. The molecule has 7 heteroatoms. The molecule has 1 unspecified atom stereocenters. The van der Waals surface area contributed by atoms with Crippen LogP contribution in [0, 0.1) is 0 Å². The Morgan fingerprint density at radius 2 is 1.93 bits per heavy atom. The van der Waals surface area contributed by atoms with Gasteiger partial charge in [0, 0.05) is 0 Å². The second-order valence-corrected chi connectivity index (χ2v) is 3.56. The van der Waals surface area contributed by atoms with Crippen molar-refractivity contribution in [1.82, 2.24) is 0 Å². The Labute approximate surface area is 131 Å². The van der Waals surface area contributed by atoms with Crippen LogP contribution in [0.4, 0.5) is 0 Å². The molecule has 0 heterocycles. The van der Waals surface area contributed by atoms with Crippen molar-refractivity contribution < 1.29 is 74.9 Å². The van der Waals surface area contributed by atoms with Crippen LogP contribution in [0.3, 0.4) is 0 Å². The summed E-state index contributed by atoms with van der Waals surface area (Å²) in [4.78, 5) is 15.3. The van der Waals surface area contributed by atoms with Gasteiger partial charge < -0.3 is 9.42 Å². The molecule has 0 radical (unpaired) electrons. The summed E-state index contributed by atoms with van der Waals surface area (Å²) in [7, 11) is -4.40. The number of phosphoric ester groups is 1. The summed E-state index contributed by atoms with van der Waals surface area (Å²) in [5, 5.41) is 0. The van der Waals surface area contributed by atoms with E-state index in [1.54, 1.807) is 25.1 Å². The summed E-state index contributed by atoms with van der Waals surface area (Å²) in [5.74, 6) is 0.186. The summed E-state index contributed by atoms with van der Waals surface area (Å²) in [6.45, 7) is 1.73. The van der Waals surface area contributed by atoms with E-state index in [-0.39, 0.29) is 63.7 Å². The van der Waals surface area contributed by atoms with Crippen molar-refractivity contribution in [3.63, 3.8) is 0 Å². The second-order valence-electron chi connectivity index (χ2n) is 2.33. The van der Waals surface area contributed by atoms with E-state index in [2.05, 4.69) is 14.1 Å². The number of hydrogen-bond donors (Lipinski definition) is 0. The molecular formula is C8H10KO5P. The molecule has 15 heavy (non-hydrogen) atoms. The molecule has 0 aliphatic heterocycles. The van der Waals surface area contributed by atoms with Crippen molar-refractivity contribution in [2.24, 2.45) is 0 Å². The molecule has 0 aliphatic carbocycles. The fraction of sp³-hybridized carbons (Fsp3) is 0.250. The maximum Gasteiger partial charge on any atom is 1.00 e. The van der Waals surface area contributed by atoms with Gasteiger partial charge in [0.25, 0.3) is 0 Å². The van der Waals surface area contributed by atoms with Crippen LogP contribution in [0.2, 0.25) is 0 Å². The van der Waals surface area contributed by atoms with Gasteiger partial charge in [0.2, 0.25) is 0 Å². The van der Waals surface area contributed by atoms with Gasteiger partial charge in [-0.1, -0.05) is 18.2 Å². The molecule has 0 amide bonds. The Bertz CT molecular complexity index is 318. The minimum atomic E-state index is -4.40. The molecule has 0 fully saturated rings. The molecule has 1 rings (SSSR count). The summed E-state index contributed by atoms with van der Waals surface area (Å²) in [5.41, 5.74) is 0. The SMILES string of the molecule is CCOOP(=O)([O-])Oc1ccccc1.[K+]. The quantitative estimate of drug-likeness (QED) is 0.278. The maximum absolute atomic E-state index is 11.0. The maximum atomic E-state index is 11.0. The zero-order chi connectivity index (χ0) is 10.4. The molecule has 1 aromatic carbocycles. The molecule has 0 aromatic heterocycles. The van der Waals surface area contributed by atoms with Gasteiger partial charge in [0.05, 0.1) is 6.61 Å². The number of hydrogen-bond acceptors (Lipinski definition) is 5. The van der Waals surface area contributed by atoms with E-state index >= 15 is 0 Å². The molecule has 0 N–H and O–H groups in total. The first-order valence-electron chi connectivity index (χ1n) is 4.01. The van der Waals surface area contributed by atoms with Gasteiger partial charge in [0.15, 0.2) is 0 Å². The van der Waals surface area contributed by atoms with Crippen molar-refractivity contribution in [1.29, 1.82) is 0 Å². The van der Waals surface area contributed by atoms with E-state index in [1.807, 2.05) is 0 Å². The van der Waals surface area contributed by atoms with Crippen LogP contribution in [0.1, 0.15) is 6.92 Å². The monoisotopic (exact) mass is 256 g/mol. The predicted molar refractivity (Wildman–Crippen MR) is 47.4 cm³/mol. The van der Waals surface area contributed by atoms with E-state index < -0.39 is 7.82 Å². The van der Waals surface area contributed by atoms with Crippen LogP contribution >= 0.6 is 7.82 Å². The first kappa shape index (κ1) is 15.8. The Morgan fingerprint density at radius 3 is 2.47 bits per heavy atom. The van der Waals surface area contributed by atoms with E-state index in [9.17, 15) is 9.46 Å². The largest absolute Gasteiger partial charge is 1.00 e. The molecule has 1 aromatic rings. The Kier molecular flexibility index (Phi) is 8.35. The Morgan fingerprint density at radius 1 is 1.33 bits per heavy atom. The van der Waals surface area contributed by atoms with Crippen molar-refractivity contribution in [2.45, 2.75) is 6.92 Å². The van der Waals surface area contributed by atoms with Crippen LogP contribution in [-0.2, 0) is 14.1 Å². The molecule has 0 saturated heterocycles. The first-order chi connectivity index (χ1) is 6.64. The summed E-state index contributed by atoms with van der Waals surface area (Å²) in [6.07, 6.45) is 0. The molecule has 0 saturated carbocycles.